The van der Waals surface area contributed by atoms with E-state index in [4.69, 9.17) is 23.2 Å². The number of amides is 2. The summed E-state index contributed by atoms with van der Waals surface area (Å²) in [4.78, 5) is 16.7. The van der Waals surface area contributed by atoms with E-state index in [1.165, 1.54) is 16.9 Å². The molecule has 0 aliphatic heterocycles. The Kier molecular flexibility index (Phi) is 5.81. The minimum absolute atomic E-state index is 0.375. The molecule has 0 unspecified atom stereocenters. The van der Waals surface area contributed by atoms with E-state index < -0.39 is 6.03 Å². The number of halogens is 2. The van der Waals surface area contributed by atoms with Crippen LogP contribution in [0.1, 0.15) is 0 Å². The smallest absolute Gasteiger partial charge is 0.308 e. The van der Waals surface area contributed by atoms with Gasteiger partial charge in [-0.15, -0.1) is 11.3 Å². The molecule has 0 atom stereocenters. The van der Waals surface area contributed by atoms with Crippen molar-refractivity contribution in [3.63, 3.8) is 0 Å². The molecule has 2 amide bonds. The Labute approximate surface area is 182 Å². The largest absolute Gasteiger partial charge is 0.325 e. The van der Waals surface area contributed by atoms with Crippen LogP contribution in [0.25, 0.3) is 22.4 Å². The molecule has 0 saturated carbocycles. The maximum Gasteiger partial charge on any atom is 0.325 e. The van der Waals surface area contributed by atoms with Crippen molar-refractivity contribution < 1.29 is 4.79 Å². The number of urea groups is 1. The Hall–Kier alpha value is -2.86. The van der Waals surface area contributed by atoms with Crippen LogP contribution in [0.5, 0.6) is 0 Å². The van der Waals surface area contributed by atoms with Gasteiger partial charge in [0.05, 0.1) is 15.7 Å². The molecule has 3 aromatic carbocycles. The zero-order chi connectivity index (χ0) is 20.2. The maximum atomic E-state index is 12.2. The fourth-order valence-corrected chi connectivity index (χ4v) is 3.77. The third-order valence-electron chi connectivity index (χ3n) is 4.19. The number of carbonyl (C=O) groups is 1. The number of rotatable bonds is 4. The van der Waals surface area contributed by atoms with Crippen LogP contribution in [0.15, 0.2) is 78.2 Å². The fourth-order valence-electron chi connectivity index (χ4n) is 2.76. The van der Waals surface area contributed by atoms with Gasteiger partial charge in [-0.05, 0) is 29.3 Å². The second-order valence-electron chi connectivity index (χ2n) is 6.19. The maximum absolute atomic E-state index is 12.2. The lowest BCUT2D eigenvalue weighted by molar-refractivity contribution is 0.262. The molecule has 4 aromatic rings. The highest BCUT2D eigenvalue weighted by atomic mass is 35.5. The van der Waals surface area contributed by atoms with E-state index in [0.717, 1.165) is 16.8 Å². The molecule has 0 bridgehead atoms. The average molecular weight is 440 g/mol. The lowest BCUT2D eigenvalue weighted by Gasteiger charge is -2.06. The number of carbonyl (C=O) groups excluding carboxylic acids is 1. The Balaban J connectivity index is 1.42. The molecule has 29 heavy (non-hydrogen) atoms. The summed E-state index contributed by atoms with van der Waals surface area (Å²) in [5.74, 6) is 0. The predicted octanol–water partition coefficient (Wildman–Crippen LogP) is 7.43. The number of thiazole rings is 1. The summed E-state index contributed by atoms with van der Waals surface area (Å²) in [6.07, 6.45) is 0. The molecule has 0 fully saturated rings. The van der Waals surface area contributed by atoms with Gasteiger partial charge in [-0.3, -0.25) is 5.32 Å². The first kappa shape index (κ1) is 19.5. The van der Waals surface area contributed by atoms with Crippen LogP contribution in [-0.4, -0.2) is 11.0 Å². The van der Waals surface area contributed by atoms with Crippen LogP contribution in [-0.2, 0) is 0 Å². The van der Waals surface area contributed by atoms with E-state index >= 15 is 0 Å². The lowest BCUT2D eigenvalue weighted by Crippen LogP contribution is -2.19. The molecule has 4 nitrogen and oxygen atoms in total. The van der Waals surface area contributed by atoms with E-state index in [0.29, 0.717) is 20.9 Å². The number of hydrogen-bond donors (Lipinski definition) is 2. The molecule has 0 aliphatic rings. The van der Waals surface area contributed by atoms with Gasteiger partial charge < -0.3 is 5.32 Å². The molecule has 4 rings (SSSR count). The van der Waals surface area contributed by atoms with E-state index in [-0.39, 0.29) is 0 Å². The molecule has 0 saturated heterocycles. The highest BCUT2D eigenvalue weighted by Crippen LogP contribution is 2.28. The van der Waals surface area contributed by atoms with E-state index in [2.05, 4.69) is 39.9 Å². The molecule has 0 aliphatic carbocycles. The minimum atomic E-state index is -0.399. The van der Waals surface area contributed by atoms with Gasteiger partial charge in [0.2, 0.25) is 0 Å². The summed E-state index contributed by atoms with van der Waals surface area (Å²) in [6, 6.07) is 22.9. The van der Waals surface area contributed by atoms with Crippen LogP contribution in [0.3, 0.4) is 0 Å². The molecule has 7 heteroatoms. The average Bonchev–Trinajstić information content (AvgIpc) is 3.20. The van der Waals surface area contributed by atoms with E-state index in [1.54, 1.807) is 18.2 Å². The summed E-state index contributed by atoms with van der Waals surface area (Å²) in [7, 11) is 0. The van der Waals surface area contributed by atoms with Crippen molar-refractivity contribution in [1.82, 2.24) is 4.98 Å². The van der Waals surface area contributed by atoms with Gasteiger partial charge >= 0.3 is 6.03 Å². The molecule has 144 valence electrons. The van der Waals surface area contributed by atoms with Gasteiger partial charge in [0.1, 0.15) is 0 Å². The first-order valence-corrected chi connectivity index (χ1v) is 10.4. The van der Waals surface area contributed by atoms with Crippen LogP contribution in [0.2, 0.25) is 10.0 Å². The van der Waals surface area contributed by atoms with Gasteiger partial charge in [-0.25, -0.2) is 9.78 Å². The molecule has 1 heterocycles. The van der Waals surface area contributed by atoms with Crippen molar-refractivity contribution in [2.75, 3.05) is 10.6 Å². The molecule has 2 N–H and O–H groups in total. The normalized spacial score (nSPS) is 10.6. The van der Waals surface area contributed by atoms with Crippen molar-refractivity contribution in [3.8, 4) is 22.4 Å². The van der Waals surface area contributed by atoms with Crippen molar-refractivity contribution >= 4 is 51.4 Å². The molecule has 0 radical (unpaired) electrons. The number of hydrogen-bond acceptors (Lipinski definition) is 3. The lowest BCUT2D eigenvalue weighted by atomic mass is 10.0. The van der Waals surface area contributed by atoms with Crippen LogP contribution in [0.4, 0.5) is 15.6 Å². The van der Waals surface area contributed by atoms with Gasteiger partial charge in [0.25, 0.3) is 0 Å². The Morgan fingerprint density at radius 1 is 0.793 bits per heavy atom. The molecular formula is C22H15Cl2N3OS. The molecule has 0 spiro atoms. The fraction of sp³-hybridized carbons (Fsp3) is 0. The summed E-state index contributed by atoms with van der Waals surface area (Å²) >= 11 is 13.2. The Bertz CT molecular complexity index is 1140. The summed E-state index contributed by atoms with van der Waals surface area (Å²) < 4.78 is 0. The monoisotopic (exact) mass is 439 g/mol. The molecular weight excluding hydrogens is 425 g/mol. The zero-order valence-electron chi connectivity index (χ0n) is 15.0. The summed E-state index contributed by atoms with van der Waals surface area (Å²) in [5, 5.41) is 8.66. The van der Waals surface area contributed by atoms with E-state index in [1.807, 2.05) is 35.7 Å². The number of nitrogens with zero attached hydrogens (tertiary/aromatic N) is 1. The van der Waals surface area contributed by atoms with E-state index in [9.17, 15) is 4.79 Å². The first-order valence-electron chi connectivity index (χ1n) is 8.73. The van der Waals surface area contributed by atoms with Crippen molar-refractivity contribution in [1.29, 1.82) is 0 Å². The second-order valence-corrected chi connectivity index (χ2v) is 7.86. The van der Waals surface area contributed by atoms with Crippen LogP contribution < -0.4 is 10.6 Å². The molecule has 1 aromatic heterocycles. The number of nitrogens with one attached hydrogen (secondary N) is 2. The number of benzene rings is 3. The highest BCUT2D eigenvalue weighted by molar-refractivity contribution is 7.14. The van der Waals surface area contributed by atoms with Crippen molar-refractivity contribution in [2.45, 2.75) is 0 Å². The summed E-state index contributed by atoms with van der Waals surface area (Å²) in [5.41, 5.74) is 4.64. The zero-order valence-corrected chi connectivity index (χ0v) is 17.4. The number of anilines is 2. The standard InChI is InChI=1S/C22H15Cl2N3OS/c23-18-11-10-17(12-19(18)24)25-21(28)27-22-26-20(13-29-22)16-8-6-15(7-9-16)14-4-2-1-3-5-14/h1-13H,(H2,25,26,27,28). The topological polar surface area (TPSA) is 54.0 Å². The van der Waals surface area contributed by atoms with Gasteiger partial charge in [-0.1, -0.05) is 77.8 Å². The predicted molar refractivity (Wildman–Crippen MR) is 122 cm³/mol. The van der Waals surface area contributed by atoms with Gasteiger partial charge in [0, 0.05) is 16.6 Å². The van der Waals surface area contributed by atoms with Crippen LogP contribution >= 0.6 is 34.5 Å². The van der Waals surface area contributed by atoms with Crippen molar-refractivity contribution in [3.05, 3.63) is 88.2 Å². The number of aromatic nitrogens is 1. The third-order valence-corrected chi connectivity index (χ3v) is 5.69. The van der Waals surface area contributed by atoms with Crippen LogP contribution in [0, 0.1) is 0 Å². The third kappa shape index (κ3) is 4.77. The highest BCUT2D eigenvalue weighted by Gasteiger charge is 2.09. The van der Waals surface area contributed by atoms with Crippen molar-refractivity contribution in [2.24, 2.45) is 0 Å². The first-order chi connectivity index (χ1) is 14.1. The quantitative estimate of drug-likeness (QED) is 0.347. The minimum Gasteiger partial charge on any atom is -0.308 e. The Morgan fingerprint density at radius 2 is 1.48 bits per heavy atom. The van der Waals surface area contributed by atoms with Gasteiger partial charge in [-0.2, -0.15) is 0 Å². The SMILES string of the molecule is O=C(Nc1ccc(Cl)c(Cl)c1)Nc1nc(-c2ccc(-c3ccccc3)cc2)cs1. The summed E-state index contributed by atoms with van der Waals surface area (Å²) in [6.45, 7) is 0. The van der Waals surface area contributed by atoms with Gasteiger partial charge in [0.15, 0.2) is 5.13 Å². The second kappa shape index (κ2) is 8.66. The Morgan fingerprint density at radius 3 is 2.21 bits per heavy atom.